The molecule has 6 nitrogen and oxygen atoms in total. The number of ketones is 1. The van der Waals surface area contributed by atoms with Crippen LogP contribution in [0.5, 0.6) is 5.75 Å². The van der Waals surface area contributed by atoms with E-state index >= 15 is 0 Å². The number of aliphatic hydroxyl groups is 1. The van der Waals surface area contributed by atoms with Crippen molar-refractivity contribution < 1.29 is 28.9 Å². The highest BCUT2D eigenvalue weighted by Gasteiger charge is 2.70. The van der Waals surface area contributed by atoms with Gasteiger partial charge in [-0.05, 0) is 92.2 Å². The molecule has 40 heavy (non-hydrogen) atoms. The maximum absolute atomic E-state index is 13.6. The highest BCUT2D eigenvalue weighted by atomic mass is 16.5. The number of benzene rings is 1. The Hall–Kier alpha value is -2.18. The zero-order valence-electron chi connectivity index (χ0n) is 25.2. The number of esters is 1. The van der Waals surface area contributed by atoms with Gasteiger partial charge in [0.05, 0.1) is 32.3 Å². The summed E-state index contributed by atoms with van der Waals surface area (Å²) in [5.74, 6) is 0.440. The molecule has 0 amide bonds. The van der Waals surface area contributed by atoms with Gasteiger partial charge in [0.15, 0.2) is 5.78 Å². The Labute approximate surface area is 239 Å². The second-order valence-electron chi connectivity index (χ2n) is 13.9. The van der Waals surface area contributed by atoms with Crippen molar-refractivity contribution in [2.24, 2.45) is 40.4 Å². The Kier molecular flexibility index (Phi) is 7.99. The molecule has 0 unspecified atom stereocenters. The number of fused-ring (bicyclic) bond motifs is 5. The zero-order chi connectivity index (χ0) is 28.9. The predicted molar refractivity (Wildman–Crippen MR) is 154 cm³/mol. The molecular weight excluding hydrogens is 504 g/mol. The molecule has 0 bridgehead atoms. The van der Waals surface area contributed by atoms with E-state index in [1.807, 2.05) is 26.0 Å². The largest absolute Gasteiger partial charge is 0.497 e. The maximum atomic E-state index is 13.6. The molecule has 5 rings (SSSR count). The van der Waals surface area contributed by atoms with Gasteiger partial charge >= 0.3 is 5.97 Å². The number of rotatable bonds is 8. The number of hydrogen-bond acceptors (Lipinski definition) is 6. The summed E-state index contributed by atoms with van der Waals surface area (Å²) in [6.45, 7) is 11.0. The molecule has 0 saturated heterocycles. The van der Waals surface area contributed by atoms with Crippen LogP contribution < -0.4 is 4.74 Å². The summed E-state index contributed by atoms with van der Waals surface area (Å²) in [4.78, 5) is 26.5. The van der Waals surface area contributed by atoms with E-state index in [0.717, 1.165) is 49.8 Å². The smallest absolute Gasteiger partial charge is 0.312 e. The highest BCUT2D eigenvalue weighted by molar-refractivity contribution is 5.95. The van der Waals surface area contributed by atoms with Crippen molar-refractivity contribution >= 4 is 11.8 Å². The normalized spacial score (nSPS) is 37.7. The van der Waals surface area contributed by atoms with Crippen LogP contribution in [0.2, 0.25) is 0 Å². The van der Waals surface area contributed by atoms with Crippen molar-refractivity contribution in [3.8, 4) is 5.75 Å². The van der Waals surface area contributed by atoms with Crippen LogP contribution in [0.25, 0.3) is 0 Å². The average molecular weight is 553 g/mol. The molecule has 0 spiro atoms. The predicted octanol–water partition coefficient (Wildman–Crippen LogP) is 6.29. The van der Waals surface area contributed by atoms with Gasteiger partial charge in [0.2, 0.25) is 0 Å². The SMILES string of the molecule is COc1ccc(CO[C@H]2CC[C@@]3(C)C(=CC[C@@H]4[C@@H]3CC[C@@]3(C)[C@H]4CC(=O)[C@]3(O)[C@H](C)C(=O)OCC(C)C)C2)cc1. The molecule has 0 aromatic heterocycles. The van der Waals surface area contributed by atoms with Crippen LogP contribution in [0.4, 0.5) is 0 Å². The molecule has 0 heterocycles. The number of allylic oxidation sites excluding steroid dienone is 1. The molecule has 6 heteroatoms. The Bertz CT molecular complexity index is 1140. The lowest BCUT2D eigenvalue weighted by molar-refractivity contribution is -0.183. The second kappa shape index (κ2) is 10.9. The monoisotopic (exact) mass is 552 g/mol. The van der Waals surface area contributed by atoms with E-state index in [9.17, 15) is 14.7 Å². The van der Waals surface area contributed by atoms with E-state index in [0.29, 0.717) is 31.5 Å². The number of ether oxygens (including phenoxy) is 3. The van der Waals surface area contributed by atoms with Crippen LogP contribution >= 0.6 is 0 Å². The van der Waals surface area contributed by atoms with Gasteiger partial charge in [-0.15, -0.1) is 0 Å². The third-order valence-electron chi connectivity index (χ3n) is 11.3. The van der Waals surface area contributed by atoms with Gasteiger partial charge in [0.1, 0.15) is 11.4 Å². The van der Waals surface area contributed by atoms with E-state index in [2.05, 4.69) is 32.1 Å². The van der Waals surface area contributed by atoms with Crippen LogP contribution in [-0.2, 0) is 25.7 Å². The van der Waals surface area contributed by atoms with E-state index in [-0.39, 0.29) is 29.1 Å². The summed E-state index contributed by atoms with van der Waals surface area (Å²) in [6.07, 6.45) is 8.69. The zero-order valence-corrected chi connectivity index (χ0v) is 25.2. The van der Waals surface area contributed by atoms with Crippen molar-refractivity contribution in [3.63, 3.8) is 0 Å². The Morgan fingerprint density at radius 1 is 1.05 bits per heavy atom. The number of Topliss-reactive ketones (excluding diaryl/α,β-unsaturated/α-hetero) is 1. The number of methoxy groups -OCH3 is 1. The number of hydrogen-bond donors (Lipinski definition) is 1. The van der Waals surface area contributed by atoms with Crippen molar-refractivity contribution in [2.75, 3.05) is 13.7 Å². The molecule has 0 radical (unpaired) electrons. The lowest BCUT2D eigenvalue weighted by atomic mass is 9.46. The molecule has 4 aliphatic rings. The molecular formula is C34H48O6. The fourth-order valence-electron chi connectivity index (χ4n) is 8.83. The van der Waals surface area contributed by atoms with E-state index in [1.165, 1.54) is 5.57 Å². The molecule has 3 fully saturated rings. The number of carbonyl (C=O) groups is 2. The number of carbonyl (C=O) groups excluding carboxylic acids is 2. The average Bonchev–Trinajstić information content (AvgIpc) is 3.16. The molecule has 1 N–H and O–H groups in total. The minimum Gasteiger partial charge on any atom is -0.497 e. The van der Waals surface area contributed by atoms with Crippen molar-refractivity contribution in [1.82, 2.24) is 0 Å². The summed E-state index contributed by atoms with van der Waals surface area (Å²) >= 11 is 0. The van der Waals surface area contributed by atoms with Crippen LogP contribution in [0.1, 0.15) is 85.1 Å². The first-order valence-electron chi connectivity index (χ1n) is 15.3. The molecule has 0 aliphatic heterocycles. The summed E-state index contributed by atoms with van der Waals surface area (Å²) in [5, 5.41) is 12.0. The first-order valence-corrected chi connectivity index (χ1v) is 15.3. The third-order valence-corrected chi connectivity index (χ3v) is 11.3. The first kappa shape index (κ1) is 29.3. The van der Waals surface area contributed by atoms with Gasteiger partial charge in [-0.25, -0.2) is 0 Å². The van der Waals surface area contributed by atoms with Crippen molar-refractivity contribution in [2.45, 2.75) is 97.9 Å². The minimum atomic E-state index is -1.67. The van der Waals surface area contributed by atoms with Gasteiger partial charge in [-0.3, -0.25) is 9.59 Å². The Balaban J connectivity index is 1.29. The lowest BCUT2D eigenvalue weighted by Gasteiger charge is -2.59. The maximum Gasteiger partial charge on any atom is 0.312 e. The minimum absolute atomic E-state index is 0.0720. The van der Waals surface area contributed by atoms with Crippen LogP contribution in [-0.4, -0.2) is 42.3 Å². The fourth-order valence-corrected chi connectivity index (χ4v) is 8.83. The van der Waals surface area contributed by atoms with Crippen LogP contribution in [0.3, 0.4) is 0 Å². The third kappa shape index (κ3) is 4.73. The fraction of sp³-hybridized carbons (Fsp3) is 0.706. The molecule has 220 valence electrons. The molecule has 8 atom stereocenters. The Morgan fingerprint density at radius 2 is 1.77 bits per heavy atom. The van der Waals surface area contributed by atoms with Gasteiger partial charge in [-0.1, -0.05) is 51.5 Å². The van der Waals surface area contributed by atoms with Crippen LogP contribution in [0, 0.1) is 40.4 Å². The van der Waals surface area contributed by atoms with Crippen LogP contribution in [0.15, 0.2) is 35.9 Å². The molecule has 1 aromatic rings. The summed E-state index contributed by atoms with van der Waals surface area (Å²) in [6, 6.07) is 8.07. The first-order chi connectivity index (χ1) is 18.9. The standard InChI is InChI=1S/C34H48O6/c1-21(2)19-40-31(36)22(3)34(37)30(35)18-29-27-12-9-24-17-26(39-20-23-7-10-25(38-6)11-8-23)13-15-32(24,4)28(27)14-16-33(29,34)5/h7-11,21-22,26-29,37H,12-20H2,1-6H3/t22-,26+,27-,28+,29+,32+,33+,34-/m1/s1. The van der Waals surface area contributed by atoms with E-state index < -0.39 is 22.9 Å². The lowest BCUT2D eigenvalue weighted by Crippen LogP contribution is -2.60. The van der Waals surface area contributed by atoms with E-state index in [1.54, 1.807) is 14.0 Å². The molecule has 3 saturated carbocycles. The summed E-state index contributed by atoms with van der Waals surface area (Å²) in [5.41, 5.74) is 0.458. The molecule has 4 aliphatic carbocycles. The second-order valence-corrected chi connectivity index (χ2v) is 13.9. The topological polar surface area (TPSA) is 82.1 Å². The van der Waals surface area contributed by atoms with Crippen molar-refractivity contribution in [1.29, 1.82) is 0 Å². The van der Waals surface area contributed by atoms with Gasteiger partial charge in [-0.2, -0.15) is 0 Å². The molecule has 1 aromatic carbocycles. The summed E-state index contributed by atoms with van der Waals surface area (Å²) < 4.78 is 17.1. The summed E-state index contributed by atoms with van der Waals surface area (Å²) in [7, 11) is 1.68. The van der Waals surface area contributed by atoms with Gasteiger partial charge in [0.25, 0.3) is 0 Å². The van der Waals surface area contributed by atoms with Gasteiger partial charge in [0, 0.05) is 11.8 Å². The van der Waals surface area contributed by atoms with E-state index in [4.69, 9.17) is 14.2 Å². The quantitative estimate of drug-likeness (QED) is 0.302. The van der Waals surface area contributed by atoms with Crippen molar-refractivity contribution in [3.05, 3.63) is 41.5 Å². The van der Waals surface area contributed by atoms with Gasteiger partial charge < -0.3 is 19.3 Å². The highest BCUT2D eigenvalue weighted by Crippen LogP contribution is 2.67. The Morgan fingerprint density at radius 3 is 2.45 bits per heavy atom.